The van der Waals surface area contributed by atoms with Crippen LogP contribution in [0.15, 0.2) is 41.2 Å². The first-order valence-electron chi connectivity index (χ1n) is 6.81. The van der Waals surface area contributed by atoms with E-state index in [1.807, 2.05) is 24.3 Å². The second kappa shape index (κ2) is 5.37. The monoisotopic (exact) mass is 302 g/mol. The van der Waals surface area contributed by atoms with Crippen molar-refractivity contribution in [2.24, 2.45) is 0 Å². The maximum absolute atomic E-state index is 12.1. The maximum Gasteiger partial charge on any atom is 0.260 e. The smallest absolute Gasteiger partial charge is 0.260 e. The van der Waals surface area contributed by atoms with Crippen molar-refractivity contribution in [2.75, 3.05) is 0 Å². The molecule has 0 aliphatic heterocycles. The molecule has 0 radical (unpaired) electrons. The van der Waals surface area contributed by atoms with Gasteiger partial charge >= 0.3 is 0 Å². The van der Waals surface area contributed by atoms with Gasteiger partial charge in [0.25, 0.3) is 11.5 Å². The molecule has 2 atom stereocenters. The molecule has 4 nitrogen and oxygen atoms in total. The van der Waals surface area contributed by atoms with E-state index in [1.165, 1.54) is 0 Å². The molecule has 1 aromatic heterocycles. The van der Waals surface area contributed by atoms with Crippen LogP contribution in [0.2, 0.25) is 5.02 Å². The minimum atomic E-state index is -0.354. The van der Waals surface area contributed by atoms with Gasteiger partial charge in [0.05, 0.1) is 0 Å². The Kier molecular flexibility index (Phi) is 3.55. The summed E-state index contributed by atoms with van der Waals surface area (Å²) in [7, 11) is 0. The SMILES string of the molecule is Cc1ccc(C(=O)N[C@@H]2C[C@@H]2c2cccc(Cl)c2)c(=O)[nH]1. The Hall–Kier alpha value is -2.07. The minimum Gasteiger partial charge on any atom is -0.348 e. The number of nitrogens with one attached hydrogen (secondary N) is 2. The van der Waals surface area contributed by atoms with E-state index in [2.05, 4.69) is 10.3 Å². The maximum atomic E-state index is 12.1. The Bertz CT molecular complexity index is 754. The number of hydrogen-bond donors (Lipinski definition) is 2. The number of rotatable bonds is 3. The van der Waals surface area contributed by atoms with Gasteiger partial charge in [-0.05, 0) is 43.2 Å². The van der Waals surface area contributed by atoms with Crippen LogP contribution >= 0.6 is 11.6 Å². The standard InChI is InChI=1S/C16H15ClN2O2/c1-9-5-6-12(15(20)18-9)16(21)19-14-8-13(14)10-3-2-4-11(17)7-10/h2-7,13-14H,8H2,1H3,(H,18,20)(H,19,21)/t13-,14-/m1/s1. The van der Waals surface area contributed by atoms with E-state index in [4.69, 9.17) is 11.6 Å². The lowest BCUT2D eigenvalue weighted by Gasteiger charge is -2.05. The third-order valence-electron chi connectivity index (χ3n) is 3.68. The van der Waals surface area contributed by atoms with E-state index in [0.717, 1.165) is 17.7 Å². The van der Waals surface area contributed by atoms with E-state index in [1.54, 1.807) is 19.1 Å². The van der Waals surface area contributed by atoms with E-state index in [-0.39, 0.29) is 29.0 Å². The lowest BCUT2D eigenvalue weighted by Crippen LogP contribution is -2.31. The summed E-state index contributed by atoms with van der Waals surface area (Å²) in [5.41, 5.74) is 1.65. The molecule has 0 unspecified atom stereocenters. The highest BCUT2D eigenvalue weighted by Crippen LogP contribution is 2.41. The van der Waals surface area contributed by atoms with E-state index < -0.39 is 0 Å². The van der Waals surface area contributed by atoms with Gasteiger partial charge in [-0.3, -0.25) is 9.59 Å². The molecule has 0 saturated heterocycles. The second-order valence-electron chi connectivity index (χ2n) is 5.36. The number of carbonyl (C=O) groups is 1. The van der Waals surface area contributed by atoms with Crippen molar-refractivity contribution in [3.05, 3.63) is 68.6 Å². The Morgan fingerprint density at radius 3 is 2.86 bits per heavy atom. The summed E-state index contributed by atoms with van der Waals surface area (Å²) in [4.78, 5) is 26.5. The van der Waals surface area contributed by atoms with E-state index >= 15 is 0 Å². The number of aromatic nitrogens is 1. The van der Waals surface area contributed by atoms with Gasteiger partial charge < -0.3 is 10.3 Å². The molecule has 1 fully saturated rings. The number of pyridine rings is 1. The third-order valence-corrected chi connectivity index (χ3v) is 3.92. The number of hydrogen-bond acceptors (Lipinski definition) is 2. The van der Waals surface area contributed by atoms with Gasteiger partial charge in [-0.1, -0.05) is 23.7 Å². The van der Waals surface area contributed by atoms with Gasteiger partial charge in [0.2, 0.25) is 0 Å². The van der Waals surface area contributed by atoms with Crippen molar-refractivity contribution in [3.63, 3.8) is 0 Å². The van der Waals surface area contributed by atoms with Crippen molar-refractivity contribution in [2.45, 2.75) is 25.3 Å². The third kappa shape index (κ3) is 3.00. The van der Waals surface area contributed by atoms with Crippen LogP contribution in [0.4, 0.5) is 0 Å². The molecular weight excluding hydrogens is 288 g/mol. The number of H-pyrrole nitrogens is 1. The second-order valence-corrected chi connectivity index (χ2v) is 5.80. The van der Waals surface area contributed by atoms with Crippen molar-refractivity contribution in [1.82, 2.24) is 10.3 Å². The summed E-state index contributed by atoms with van der Waals surface area (Å²) in [6, 6.07) is 11.0. The van der Waals surface area contributed by atoms with Crippen LogP contribution in [-0.4, -0.2) is 16.9 Å². The zero-order valence-corrected chi connectivity index (χ0v) is 12.3. The first-order chi connectivity index (χ1) is 10.0. The van der Waals surface area contributed by atoms with E-state index in [0.29, 0.717) is 5.02 Å². The quantitative estimate of drug-likeness (QED) is 0.915. The van der Waals surface area contributed by atoms with Crippen molar-refractivity contribution < 1.29 is 4.79 Å². The number of aryl methyl sites for hydroxylation is 1. The molecule has 2 aromatic rings. The molecule has 0 bridgehead atoms. The van der Waals surface area contributed by atoms with Crippen molar-refractivity contribution in [3.8, 4) is 0 Å². The van der Waals surface area contributed by atoms with Gasteiger partial charge in [-0.15, -0.1) is 0 Å². The topological polar surface area (TPSA) is 62.0 Å². The van der Waals surface area contributed by atoms with Crippen molar-refractivity contribution in [1.29, 1.82) is 0 Å². The van der Waals surface area contributed by atoms with Crippen LogP contribution in [-0.2, 0) is 0 Å². The summed E-state index contributed by atoms with van der Waals surface area (Å²) in [6.45, 7) is 1.78. The van der Waals surface area contributed by atoms with Crippen LogP contribution in [0, 0.1) is 6.92 Å². The minimum absolute atomic E-state index is 0.0664. The average Bonchev–Trinajstić information content (AvgIpc) is 3.17. The van der Waals surface area contributed by atoms with Gasteiger partial charge in [0, 0.05) is 22.7 Å². The Morgan fingerprint density at radius 1 is 1.33 bits per heavy atom. The first-order valence-corrected chi connectivity index (χ1v) is 7.18. The molecular formula is C16H15ClN2O2. The highest BCUT2D eigenvalue weighted by Gasteiger charge is 2.39. The van der Waals surface area contributed by atoms with Crippen LogP contribution in [0.25, 0.3) is 0 Å². The molecule has 0 spiro atoms. The summed E-state index contributed by atoms with van der Waals surface area (Å²) in [5, 5.41) is 3.59. The molecule has 1 aromatic carbocycles. The molecule has 5 heteroatoms. The Labute approximate surface area is 127 Å². The Balaban J connectivity index is 1.69. The average molecular weight is 303 g/mol. The molecule has 1 heterocycles. The summed E-state index contributed by atoms with van der Waals surface area (Å²) in [6.07, 6.45) is 0.871. The predicted molar refractivity (Wildman–Crippen MR) is 81.9 cm³/mol. The van der Waals surface area contributed by atoms with Gasteiger partial charge in [0.15, 0.2) is 0 Å². The molecule has 1 aliphatic rings. The number of amides is 1. The summed E-state index contributed by atoms with van der Waals surface area (Å²) in [5.74, 6) is -0.0528. The predicted octanol–water partition coefficient (Wildman–Crippen LogP) is 2.62. The van der Waals surface area contributed by atoms with Crippen LogP contribution < -0.4 is 10.9 Å². The molecule has 1 saturated carbocycles. The number of benzene rings is 1. The lowest BCUT2D eigenvalue weighted by atomic mass is 10.1. The zero-order valence-electron chi connectivity index (χ0n) is 11.5. The number of aromatic amines is 1. The summed E-state index contributed by atoms with van der Waals surface area (Å²) >= 11 is 5.97. The molecule has 21 heavy (non-hydrogen) atoms. The van der Waals surface area contributed by atoms with Gasteiger partial charge in [0.1, 0.15) is 5.56 Å². The van der Waals surface area contributed by atoms with Crippen LogP contribution in [0.3, 0.4) is 0 Å². The Morgan fingerprint density at radius 2 is 2.14 bits per heavy atom. The first kappa shape index (κ1) is 13.9. The van der Waals surface area contributed by atoms with Crippen LogP contribution in [0.5, 0.6) is 0 Å². The number of carbonyl (C=O) groups excluding carboxylic acids is 1. The van der Waals surface area contributed by atoms with Gasteiger partial charge in [-0.2, -0.15) is 0 Å². The largest absolute Gasteiger partial charge is 0.348 e. The summed E-state index contributed by atoms with van der Waals surface area (Å²) < 4.78 is 0. The molecule has 108 valence electrons. The van der Waals surface area contributed by atoms with Crippen molar-refractivity contribution >= 4 is 17.5 Å². The van der Waals surface area contributed by atoms with E-state index in [9.17, 15) is 9.59 Å². The lowest BCUT2D eigenvalue weighted by molar-refractivity contribution is 0.0949. The van der Waals surface area contributed by atoms with Crippen LogP contribution in [0.1, 0.15) is 34.0 Å². The molecule has 2 N–H and O–H groups in total. The normalized spacial score (nSPS) is 20.1. The fourth-order valence-electron chi connectivity index (χ4n) is 2.46. The molecule has 1 amide bonds. The zero-order chi connectivity index (χ0) is 15.0. The molecule has 3 rings (SSSR count). The highest BCUT2D eigenvalue weighted by atomic mass is 35.5. The number of halogens is 1. The highest BCUT2D eigenvalue weighted by molar-refractivity contribution is 6.30. The fraction of sp³-hybridized carbons (Fsp3) is 0.250. The fourth-order valence-corrected chi connectivity index (χ4v) is 2.66. The molecule has 1 aliphatic carbocycles. The van der Waals surface area contributed by atoms with Gasteiger partial charge in [-0.25, -0.2) is 0 Å².